The van der Waals surface area contributed by atoms with Crippen LogP contribution in [0.1, 0.15) is 19.4 Å². The van der Waals surface area contributed by atoms with Gasteiger partial charge >= 0.3 is 0 Å². The fourth-order valence-electron chi connectivity index (χ4n) is 3.13. The Hall–Kier alpha value is -1.34. The van der Waals surface area contributed by atoms with Crippen molar-refractivity contribution in [3.8, 4) is 11.5 Å². The van der Waals surface area contributed by atoms with Gasteiger partial charge in [-0.05, 0) is 31.5 Å². The van der Waals surface area contributed by atoms with Crippen LogP contribution in [0.3, 0.4) is 0 Å². The second-order valence-electron chi connectivity index (χ2n) is 6.33. The quantitative estimate of drug-likeness (QED) is 0.854. The second kappa shape index (κ2) is 7.49. The van der Waals surface area contributed by atoms with E-state index in [0.717, 1.165) is 30.2 Å². The molecule has 1 aromatic rings. The Morgan fingerprint density at radius 2 is 1.96 bits per heavy atom. The molecule has 2 aliphatic heterocycles. The lowest BCUT2D eigenvalue weighted by atomic mass is 10.2. The summed E-state index contributed by atoms with van der Waals surface area (Å²) >= 11 is 0. The molecule has 0 spiro atoms. The van der Waals surface area contributed by atoms with E-state index in [1.54, 1.807) is 0 Å². The lowest BCUT2D eigenvalue weighted by Crippen LogP contribution is -2.48. The molecule has 1 aromatic carbocycles. The third kappa shape index (κ3) is 4.57. The first kappa shape index (κ1) is 16.5. The summed E-state index contributed by atoms with van der Waals surface area (Å²) in [5.74, 6) is 1.52. The number of benzene rings is 1. The van der Waals surface area contributed by atoms with Crippen molar-refractivity contribution in [1.29, 1.82) is 0 Å². The number of nitrogens with zero attached hydrogens (tertiary/aromatic N) is 1. The number of hydrogen-bond acceptors (Lipinski definition) is 6. The summed E-state index contributed by atoms with van der Waals surface area (Å²) < 4.78 is 21.9. The van der Waals surface area contributed by atoms with Crippen LogP contribution in [0.15, 0.2) is 18.2 Å². The number of rotatable bonds is 6. The lowest BCUT2D eigenvalue weighted by Gasteiger charge is -2.36. The number of morpholine rings is 1. The van der Waals surface area contributed by atoms with Crippen LogP contribution in [-0.4, -0.2) is 61.4 Å². The van der Waals surface area contributed by atoms with Gasteiger partial charge in [0.05, 0.1) is 31.5 Å². The van der Waals surface area contributed by atoms with Crippen LogP contribution in [0.4, 0.5) is 0 Å². The highest BCUT2D eigenvalue weighted by Gasteiger charge is 2.23. The van der Waals surface area contributed by atoms with Crippen LogP contribution in [-0.2, 0) is 16.1 Å². The van der Waals surface area contributed by atoms with E-state index < -0.39 is 6.10 Å². The molecule has 128 valence electrons. The average Bonchev–Trinajstić information content (AvgIpc) is 2.93. The molecule has 2 aliphatic rings. The maximum absolute atomic E-state index is 10.2. The summed E-state index contributed by atoms with van der Waals surface area (Å²) in [6.45, 7) is 7.47. The van der Waals surface area contributed by atoms with Crippen molar-refractivity contribution in [2.75, 3.05) is 33.0 Å². The van der Waals surface area contributed by atoms with Crippen LogP contribution >= 0.6 is 0 Å². The molecule has 1 saturated heterocycles. The van der Waals surface area contributed by atoms with Crippen molar-refractivity contribution < 1.29 is 24.1 Å². The Bertz CT molecular complexity index is 514. The maximum Gasteiger partial charge on any atom is 0.231 e. The number of fused-ring (bicyclic) bond motifs is 1. The van der Waals surface area contributed by atoms with Gasteiger partial charge in [-0.3, -0.25) is 4.90 Å². The van der Waals surface area contributed by atoms with Gasteiger partial charge in [0.2, 0.25) is 6.79 Å². The van der Waals surface area contributed by atoms with Crippen molar-refractivity contribution in [2.45, 2.75) is 38.8 Å². The minimum Gasteiger partial charge on any atom is -0.454 e. The molecule has 0 aliphatic carbocycles. The molecule has 0 amide bonds. The monoisotopic (exact) mass is 323 g/mol. The number of aliphatic hydroxyl groups excluding tert-OH is 1. The van der Waals surface area contributed by atoms with Gasteiger partial charge in [-0.15, -0.1) is 0 Å². The average molecular weight is 323 g/mol. The Balaban J connectivity index is 1.40. The van der Waals surface area contributed by atoms with E-state index in [2.05, 4.69) is 18.7 Å². The largest absolute Gasteiger partial charge is 0.454 e. The zero-order valence-corrected chi connectivity index (χ0v) is 13.7. The maximum atomic E-state index is 10.2. The third-order valence-electron chi connectivity index (χ3n) is 3.98. The molecule has 23 heavy (non-hydrogen) atoms. The molecule has 6 heteroatoms. The first-order valence-corrected chi connectivity index (χ1v) is 8.12. The molecule has 3 rings (SSSR count). The second-order valence-corrected chi connectivity index (χ2v) is 6.33. The molecule has 1 fully saturated rings. The third-order valence-corrected chi connectivity index (χ3v) is 3.98. The molecule has 3 atom stereocenters. The minimum absolute atomic E-state index is 0.209. The molecule has 6 nitrogen and oxygen atoms in total. The lowest BCUT2D eigenvalue weighted by molar-refractivity contribution is -0.0826. The molecular weight excluding hydrogens is 298 g/mol. The normalized spacial score (nSPS) is 25.5. The first-order chi connectivity index (χ1) is 11.1. The summed E-state index contributed by atoms with van der Waals surface area (Å²) in [5.41, 5.74) is 1.01. The number of ether oxygens (including phenoxy) is 4. The van der Waals surface area contributed by atoms with Gasteiger partial charge in [0, 0.05) is 19.6 Å². The van der Waals surface area contributed by atoms with Crippen LogP contribution in [0, 0.1) is 0 Å². The minimum atomic E-state index is -0.499. The van der Waals surface area contributed by atoms with Crippen LogP contribution < -0.4 is 9.47 Å². The van der Waals surface area contributed by atoms with E-state index in [9.17, 15) is 5.11 Å². The predicted octanol–water partition coefficient (Wildman–Crippen LogP) is 1.40. The molecule has 0 unspecified atom stereocenters. The fourth-order valence-corrected chi connectivity index (χ4v) is 3.13. The zero-order chi connectivity index (χ0) is 16.2. The van der Waals surface area contributed by atoms with Crippen LogP contribution in [0.25, 0.3) is 0 Å². The van der Waals surface area contributed by atoms with Gasteiger partial charge in [0.1, 0.15) is 0 Å². The first-order valence-electron chi connectivity index (χ1n) is 8.12. The molecule has 0 aromatic heterocycles. The van der Waals surface area contributed by atoms with Gasteiger partial charge in [-0.1, -0.05) is 6.07 Å². The Morgan fingerprint density at radius 3 is 2.74 bits per heavy atom. The highest BCUT2D eigenvalue weighted by atomic mass is 16.7. The molecule has 0 saturated carbocycles. The standard InChI is InChI=1S/C17H25NO5/c1-12-6-18(7-13(2)23-12)8-15(19)10-20-9-14-3-4-16-17(5-14)22-11-21-16/h3-5,12-13,15,19H,6-11H2,1-2H3/t12-,13-,15+/m1/s1. The highest BCUT2D eigenvalue weighted by Crippen LogP contribution is 2.32. The summed E-state index contributed by atoms with van der Waals surface area (Å²) in [6.07, 6.45) is -0.0810. The molecule has 0 radical (unpaired) electrons. The van der Waals surface area contributed by atoms with Crippen molar-refractivity contribution >= 4 is 0 Å². The van der Waals surface area contributed by atoms with Gasteiger partial charge in [-0.25, -0.2) is 0 Å². The Morgan fingerprint density at radius 1 is 1.22 bits per heavy atom. The molecule has 0 bridgehead atoms. The summed E-state index contributed by atoms with van der Waals surface area (Å²) in [4.78, 5) is 2.23. The number of hydrogen-bond donors (Lipinski definition) is 1. The Kier molecular flexibility index (Phi) is 5.38. The van der Waals surface area contributed by atoms with Crippen LogP contribution in [0.2, 0.25) is 0 Å². The smallest absolute Gasteiger partial charge is 0.231 e. The molecule has 1 N–H and O–H groups in total. The number of β-amino-alcohol motifs (C(OH)–C–C–N with tert-alkyl or cyclic N) is 1. The van der Waals surface area contributed by atoms with E-state index >= 15 is 0 Å². The fraction of sp³-hybridized carbons (Fsp3) is 0.647. The van der Waals surface area contributed by atoms with Gasteiger partial charge in [0.15, 0.2) is 11.5 Å². The van der Waals surface area contributed by atoms with E-state index in [4.69, 9.17) is 18.9 Å². The van der Waals surface area contributed by atoms with Crippen molar-refractivity contribution in [3.05, 3.63) is 23.8 Å². The molecular formula is C17H25NO5. The van der Waals surface area contributed by atoms with E-state index in [1.165, 1.54) is 0 Å². The van der Waals surface area contributed by atoms with E-state index in [1.807, 2.05) is 18.2 Å². The number of aliphatic hydroxyl groups is 1. The molecule has 2 heterocycles. The van der Waals surface area contributed by atoms with Gasteiger partial charge in [0.25, 0.3) is 0 Å². The summed E-state index contributed by atoms with van der Waals surface area (Å²) in [7, 11) is 0. The predicted molar refractivity (Wildman–Crippen MR) is 84.7 cm³/mol. The Labute approximate surface area is 136 Å². The highest BCUT2D eigenvalue weighted by molar-refractivity contribution is 5.44. The van der Waals surface area contributed by atoms with Crippen molar-refractivity contribution in [1.82, 2.24) is 4.90 Å². The van der Waals surface area contributed by atoms with E-state index in [-0.39, 0.29) is 19.0 Å². The SMILES string of the molecule is C[C@@H]1CN(C[C@H](O)COCc2ccc3c(c2)OCO3)C[C@@H](C)O1. The summed E-state index contributed by atoms with van der Waals surface area (Å²) in [6, 6.07) is 5.75. The topological polar surface area (TPSA) is 60.4 Å². The van der Waals surface area contributed by atoms with Crippen molar-refractivity contribution in [2.24, 2.45) is 0 Å². The zero-order valence-electron chi connectivity index (χ0n) is 13.7. The van der Waals surface area contributed by atoms with Gasteiger partial charge < -0.3 is 24.1 Å². The van der Waals surface area contributed by atoms with Crippen LogP contribution in [0.5, 0.6) is 11.5 Å². The van der Waals surface area contributed by atoms with E-state index in [0.29, 0.717) is 19.8 Å². The van der Waals surface area contributed by atoms with Gasteiger partial charge in [-0.2, -0.15) is 0 Å². The van der Waals surface area contributed by atoms with Crippen molar-refractivity contribution in [3.63, 3.8) is 0 Å². The summed E-state index contributed by atoms with van der Waals surface area (Å²) in [5, 5.41) is 10.2.